The molecule has 2 N–H and O–H groups in total. The van der Waals surface area contributed by atoms with Crippen LogP contribution in [0, 0.1) is 5.82 Å². The molecule has 1 aliphatic carbocycles. The first-order valence-corrected chi connectivity index (χ1v) is 11.1. The minimum absolute atomic E-state index is 0.155. The number of carbonyl (C=O) groups excluding carboxylic acids is 1. The van der Waals surface area contributed by atoms with E-state index in [2.05, 4.69) is 10.6 Å². The van der Waals surface area contributed by atoms with Crippen LogP contribution >= 0.6 is 0 Å². The number of nitrogens with zero attached hydrogens (tertiary/aromatic N) is 2. The number of aromatic nitrogens is 1. The molecule has 1 aliphatic rings. The van der Waals surface area contributed by atoms with E-state index in [1.54, 1.807) is 0 Å². The number of nitrogens with one attached hydrogen (secondary N) is 2. The zero-order chi connectivity index (χ0) is 24.5. The topological polar surface area (TPSA) is 57.3 Å². The molecular weight excluding hydrogens is 448 g/mol. The third-order valence-electron chi connectivity index (χ3n) is 6.08. The molecule has 0 atom stereocenters. The normalized spacial score (nSPS) is 18.5. The number of anilines is 2. The lowest BCUT2D eigenvalue weighted by Gasteiger charge is -2.30. The molecule has 0 aliphatic heterocycles. The molecule has 0 spiro atoms. The van der Waals surface area contributed by atoms with E-state index in [0.29, 0.717) is 25.0 Å². The van der Waals surface area contributed by atoms with Crippen LogP contribution in [-0.2, 0) is 6.18 Å². The van der Waals surface area contributed by atoms with Gasteiger partial charge in [0, 0.05) is 48.9 Å². The van der Waals surface area contributed by atoms with Gasteiger partial charge in [0.15, 0.2) is 0 Å². The van der Waals surface area contributed by atoms with Crippen molar-refractivity contribution < 1.29 is 22.4 Å². The SMILES string of the molecule is CN(C)c1cc(N[C@H]2CC[C@@H](NC(=O)c3cc(F)cc(C(F)(F)F)c3)CC2)nc2ccccc12. The fourth-order valence-corrected chi connectivity index (χ4v) is 4.35. The molecule has 2 aromatic carbocycles. The maximum Gasteiger partial charge on any atom is 0.416 e. The molecule has 0 unspecified atom stereocenters. The molecule has 5 nitrogen and oxygen atoms in total. The van der Waals surface area contributed by atoms with Crippen LogP contribution < -0.4 is 15.5 Å². The maximum absolute atomic E-state index is 13.6. The van der Waals surface area contributed by atoms with Gasteiger partial charge in [-0.2, -0.15) is 13.2 Å². The Kier molecular flexibility index (Phi) is 6.63. The molecule has 1 aromatic heterocycles. The third kappa shape index (κ3) is 5.40. The highest BCUT2D eigenvalue weighted by Gasteiger charge is 2.32. The van der Waals surface area contributed by atoms with Gasteiger partial charge in [-0.3, -0.25) is 4.79 Å². The van der Waals surface area contributed by atoms with E-state index < -0.39 is 23.5 Å². The summed E-state index contributed by atoms with van der Waals surface area (Å²) in [7, 11) is 3.96. The monoisotopic (exact) mass is 474 g/mol. The minimum atomic E-state index is -4.72. The van der Waals surface area contributed by atoms with Crippen molar-refractivity contribution in [3.8, 4) is 0 Å². The summed E-state index contributed by atoms with van der Waals surface area (Å²) in [5.41, 5.74) is 0.447. The molecule has 4 rings (SSSR count). The summed E-state index contributed by atoms with van der Waals surface area (Å²) in [6, 6.07) is 11.8. The molecule has 1 fully saturated rings. The third-order valence-corrected chi connectivity index (χ3v) is 6.08. The zero-order valence-corrected chi connectivity index (χ0v) is 18.9. The van der Waals surface area contributed by atoms with Crippen LogP contribution in [0.4, 0.5) is 29.1 Å². The average molecular weight is 475 g/mol. The van der Waals surface area contributed by atoms with Crippen LogP contribution in [0.2, 0.25) is 0 Å². The molecular formula is C25H26F4N4O. The van der Waals surface area contributed by atoms with Crippen LogP contribution in [0.3, 0.4) is 0 Å². The van der Waals surface area contributed by atoms with Crippen molar-refractivity contribution in [3.63, 3.8) is 0 Å². The van der Waals surface area contributed by atoms with E-state index in [4.69, 9.17) is 4.98 Å². The van der Waals surface area contributed by atoms with Gasteiger partial charge < -0.3 is 15.5 Å². The summed E-state index contributed by atoms with van der Waals surface area (Å²) in [5, 5.41) is 7.30. The molecule has 0 saturated heterocycles. The van der Waals surface area contributed by atoms with Gasteiger partial charge in [-0.05, 0) is 49.9 Å². The van der Waals surface area contributed by atoms with Crippen molar-refractivity contribution in [2.45, 2.75) is 43.9 Å². The summed E-state index contributed by atoms with van der Waals surface area (Å²) in [6.07, 6.45) is -1.90. The molecule has 1 saturated carbocycles. The predicted octanol–water partition coefficient (Wildman–Crippen LogP) is 5.61. The van der Waals surface area contributed by atoms with Crippen LogP contribution in [0.5, 0.6) is 0 Å². The number of hydrogen-bond acceptors (Lipinski definition) is 4. The first-order chi connectivity index (χ1) is 16.1. The Hall–Kier alpha value is -3.36. The van der Waals surface area contributed by atoms with Crippen molar-refractivity contribution in [3.05, 3.63) is 65.5 Å². The Bertz CT molecular complexity index is 1190. The molecule has 1 amide bonds. The van der Waals surface area contributed by atoms with Crippen LogP contribution in [0.25, 0.3) is 10.9 Å². The van der Waals surface area contributed by atoms with Crippen LogP contribution in [-0.4, -0.2) is 37.1 Å². The highest BCUT2D eigenvalue weighted by molar-refractivity contribution is 5.95. The first kappa shape index (κ1) is 23.8. The van der Waals surface area contributed by atoms with E-state index in [1.807, 2.05) is 49.3 Å². The van der Waals surface area contributed by atoms with Gasteiger partial charge in [-0.15, -0.1) is 0 Å². The number of rotatable bonds is 5. The molecule has 9 heteroatoms. The number of fused-ring (bicyclic) bond motifs is 1. The van der Waals surface area contributed by atoms with E-state index in [1.165, 1.54) is 0 Å². The van der Waals surface area contributed by atoms with E-state index in [0.717, 1.165) is 41.3 Å². The molecule has 180 valence electrons. The highest BCUT2D eigenvalue weighted by Crippen LogP contribution is 2.31. The second-order valence-corrected chi connectivity index (χ2v) is 8.83. The van der Waals surface area contributed by atoms with Crippen LogP contribution in [0.1, 0.15) is 41.6 Å². The summed E-state index contributed by atoms with van der Waals surface area (Å²) >= 11 is 0. The Morgan fingerprint density at radius 2 is 1.68 bits per heavy atom. The molecule has 1 heterocycles. The highest BCUT2D eigenvalue weighted by atomic mass is 19.4. The van der Waals surface area contributed by atoms with Crippen molar-refractivity contribution in [1.82, 2.24) is 10.3 Å². The predicted molar refractivity (Wildman–Crippen MR) is 125 cm³/mol. The fraction of sp³-hybridized carbons (Fsp3) is 0.360. The fourth-order valence-electron chi connectivity index (χ4n) is 4.35. The largest absolute Gasteiger partial charge is 0.416 e. The van der Waals surface area contributed by atoms with Gasteiger partial charge in [0.1, 0.15) is 11.6 Å². The van der Waals surface area contributed by atoms with Gasteiger partial charge in [-0.25, -0.2) is 9.37 Å². The second-order valence-electron chi connectivity index (χ2n) is 8.83. The average Bonchev–Trinajstić information content (AvgIpc) is 2.78. The van der Waals surface area contributed by atoms with Gasteiger partial charge in [-0.1, -0.05) is 18.2 Å². The second kappa shape index (κ2) is 9.48. The number of amides is 1. The van der Waals surface area contributed by atoms with E-state index in [-0.39, 0.29) is 17.6 Å². The summed E-state index contributed by atoms with van der Waals surface area (Å²) in [5.74, 6) is -1.02. The Morgan fingerprint density at radius 3 is 2.35 bits per heavy atom. The maximum atomic E-state index is 13.6. The molecule has 0 bridgehead atoms. The lowest BCUT2D eigenvalue weighted by atomic mass is 9.91. The lowest BCUT2D eigenvalue weighted by molar-refractivity contribution is -0.137. The van der Waals surface area contributed by atoms with Gasteiger partial charge in [0.05, 0.1) is 11.1 Å². The van der Waals surface area contributed by atoms with Crippen molar-refractivity contribution >= 4 is 28.3 Å². The molecule has 0 radical (unpaired) electrons. The Morgan fingerprint density at radius 1 is 1.00 bits per heavy atom. The van der Waals surface area contributed by atoms with Gasteiger partial charge >= 0.3 is 6.18 Å². The number of pyridine rings is 1. The number of benzene rings is 2. The Balaban J connectivity index is 1.38. The minimum Gasteiger partial charge on any atom is -0.377 e. The molecule has 3 aromatic rings. The van der Waals surface area contributed by atoms with E-state index in [9.17, 15) is 22.4 Å². The smallest absolute Gasteiger partial charge is 0.377 e. The first-order valence-electron chi connectivity index (χ1n) is 11.1. The van der Waals surface area contributed by atoms with Crippen molar-refractivity contribution in [1.29, 1.82) is 0 Å². The number of hydrogen-bond donors (Lipinski definition) is 2. The number of alkyl halides is 3. The summed E-state index contributed by atoms with van der Waals surface area (Å²) < 4.78 is 52.4. The van der Waals surface area contributed by atoms with Crippen LogP contribution in [0.15, 0.2) is 48.5 Å². The summed E-state index contributed by atoms with van der Waals surface area (Å²) in [6.45, 7) is 0. The molecule has 34 heavy (non-hydrogen) atoms. The Labute approximate surface area is 195 Å². The van der Waals surface area contributed by atoms with Crippen molar-refractivity contribution in [2.24, 2.45) is 0 Å². The van der Waals surface area contributed by atoms with Gasteiger partial charge in [0.25, 0.3) is 5.91 Å². The van der Waals surface area contributed by atoms with E-state index >= 15 is 0 Å². The standard InChI is InChI=1S/C25H26F4N4O/c1-33(2)22-14-23(32-21-6-4-3-5-20(21)22)30-18-7-9-19(10-8-18)31-24(34)15-11-16(25(27,28)29)13-17(26)12-15/h3-6,11-14,18-19H,7-10H2,1-2H3,(H,30,32)(H,31,34)/t18-,19+. The van der Waals surface area contributed by atoms with Crippen molar-refractivity contribution in [2.75, 3.05) is 24.3 Å². The number of para-hydroxylation sites is 1. The summed E-state index contributed by atoms with van der Waals surface area (Å²) in [4.78, 5) is 19.2. The van der Waals surface area contributed by atoms with Gasteiger partial charge in [0.2, 0.25) is 0 Å². The quantitative estimate of drug-likeness (QED) is 0.472. The lowest BCUT2D eigenvalue weighted by Crippen LogP contribution is -2.40. The zero-order valence-electron chi connectivity index (χ0n) is 18.9. The number of carbonyl (C=O) groups is 1. The number of halogens is 4.